The predicted molar refractivity (Wildman–Crippen MR) is 64.6 cm³/mol. The van der Waals surface area contributed by atoms with Gasteiger partial charge in [-0.2, -0.15) is 0 Å². The number of ether oxygens (including phenoxy) is 1. The summed E-state index contributed by atoms with van der Waals surface area (Å²) in [4.78, 5) is 49.5. The van der Waals surface area contributed by atoms with Crippen molar-refractivity contribution in [3.63, 3.8) is 0 Å². The van der Waals surface area contributed by atoms with E-state index in [0.29, 0.717) is 5.06 Å². The molecule has 1 rings (SSSR count). The van der Waals surface area contributed by atoms with E-state index in [1.807, 2.05) is 0 Å². The molecule has 0 unspecified atom stereocenters. The molecule has 0 spiro atoms. The van der Waals surface area contributed by atoms with Crippen molar-refractivity contribution in [2.75, 3.05) is 6.54 Å². The van der Waals surface area contributed by atoms with Crippen molar-refractivity contribution in [1.82, 2.24) is 15.9 Å². The van der Waals surface area contributed by atoms with E-state index < -0.39 is 36.0 Å². The quantitative estimate of drug-likeness (QED) is 0.535. The van der Waals surface area contributed by atoms with Gasteiger partial charge in [-0.15, -0.1) is 5.06 Å². The van der Waals surface area contributed by atoms with Crippen LogP contribution in [0.5, 0.6) is 0 Å². The Balaban J connectivity index is 2.25. The second-order valence-corrected chi connectivity index (χ2v) is 5.03. The molecule has 9 heteroatoms. The average Bonchev–Trinajstić information content (AvgIpc) is 2.58. The molecule has 112 valence electrons. The van der Waals surface area contributed by atoms with E-state index >= 15 is 0 Å². The normalized spacial score (nSPS) is 15.2. The minimum absolute atomic E-state index is 0.0235. The molecule has 1 heterocycles. The van der Waals surface area contributed by atoms with Crippen LogP contribution >= 0.6 is 0 Å². The van der Waals surface area contributed by atoms with Gasteiger partial charge in [0.15, 0.2) is 0 Å². The Kier molecular flexibility index (Phi) is 5.03. The zero-order valence-electron chi connectivity index (χ0n) is 11.5. The fourth-order valence-electron chi connectivity index (χ4n) is 1.28. The Morgan fingerprint density at radius 2 is 1.75 bits per heavy atom. The average molecular weight is 287 g/mol. The van der Waals surface area contributed by atoms with Crippen molar-refractivity contribution < 1.29 is 28.8 Å². The molecule has 1 aliphatic heterocycles. The van der Waals surface area contributed by atoms with Crippen molar-refractivity contribution in [1.29, 1.82) is 0 Å². The highest BCUT2D eigenvalue weighted by Gasteiger charge is 2.32. The molecule has 0 atom stereocenters. The summed E-state index contributed by atoms with van der Waals surface area (Å²) in [5, 5.41) is 0.428. The van der Waals surface area contributed by atoms with Gasteiger partial charge in [0.1, 0.15) is 12.1 Å². The smallest absolute Gasteiger partial charge is 0.422 e. The van der Waals surface area contributed by atoms with Crippen LogP contribution in [0.15, 0.2) is 0 Å². The highest BCUT2D eigenvalue weighted by Crippen LogP contribution is 2.11. The molecule has 0 aliphatic carbocycles. The van der Waals surface area contributed by atoms with E-state index in [4.69, 9.17) is 4.74 Å². The first-order valence-electron chi connectivity index (χ1n) is 5.97. The topological polar surface area (TPSA) is 114 Å². The monoisotopic (exact) mass is 287 g/mol. The van der Waals surface area contributed by atoms with Crippen LogP contribution in [-0.2, 0) is 24.0 Å². The first-order chi connectivity index (χ1) is 9.19. The van der Waals surface area contributed by atoms with Crippen LogP contribution in [0.25, 0.3) is 0 Å². The summed E-state index contributed by atoms with van der Waals surface area (Å²) in [6.45, 7) is 4.64. The molecule has 20 heavy (non-hydrogen) atoms. The Bertz CT molecular complexity index is 412. The summed E-state index contributed by atoms with van der Waals surface area (Å²) in [5.74, 6) is -2.02. The summed E-state index contributed by atoms with van der Waals surface area (Å²) in [6.07, 6.45) is -0.718. The van der Waals surface area contributed by atoms with Gasteiger partial charge >= 0.3 is 12.1 Å². The van der Waals surface area contributed by atoms with Crippen LogP contribution < -0.4 is 10.9 Å². The molecule has 1 aliphatic rings. The van der Waals surface area contributed by atoms with E-state index in [2.05, 4.69) is 15.7 Å². The molecule has 0 aromatic heterocycles. The van der Waals surface area contributed by atoms with E-state index in [1.165, 1.54) is 0 Å². The molecular weight excluding hydrogens is 270 g/mol. The third-order valence-electron chi connectivity index (χ3n) is 2.02. The molecule has 0 saturated carbocycles. The molecule has 9 nitrogen and oxygen atoms in total. The zero-order chi connectivity index (χ0) is 15.3. The number of imide groups is 1. The third-order valence-corrected chi connectivity index (χ3v) is 2.02. The van der Waals surface area contributed by atoms with E-state index in [1.54, 1.807) is 20.8 Å². The maximum atomic E-state index is 11.3. The van der Waals surface area contributed by atoms with Crippen LogP contribution in [0.4, 0.5) is 4.79 Å². The first-order valence-corrected chi connectivity index (χ1v) is 5.97. The number of hydroxylamine groups is 2. The standard InChI is InChI=1S/C11H17N3O6/c1-11(2,3)19-10(18)13-12-6-9(17)20-14-7(15)4-5-8(14)16/h12H,4-6H2,1-3H3,(H,13,18). The van der Waals surface area contributed by atoms with Gasteiger partial charge in [-0.3, -0.25) is 15.0 Å². The first kappa shape index (κ1) is 15.9. The molecule has 3 amide bonds. The van der Waals surface area contributed by atoms with Gasteiger partial charge < -0.3 is 9.57 Å². The minimum Gasteiger partial charge on any atom is -0.443 e. The Labute approximate surface area is 115 Å². The zero-order valence-corrected chi connectivity index (χ0v) is 11.5. The fourth-order valence-corrected chi connectivity index (χ4v) is 1.28. The Hall–Kier alpha value is -2.16. The van der Waals surface area contributed by atoms with Crippen molar-refractivity contribution in [3.8, 4) is 0 Å². The second-order valence-electron chi connectivity index (χ2n) is 5.03. The highest BCUT2D eigenvalue weighted by atomic mass is 16.7. The van der Waals surface area contributed by atoms with Crippen LogP contribution in [0.2, 0.25) is 0 Å². The summed E-state index contributed by atoms with van der Waals surface area (Å²) >= 11 is 0. The van der Waals surface area contributed by atoms with Gasteiger partial charge in [0.25, 0.3) is 11.8 Å². The fraction of sp³-hybridized carbons (Fsp3) is 0.636. The summed E-state index contributed by atoms with van der Waals surface area (Å²) in [5.41, 5.74) is 3.71. The molecule has 0 aromatic carbocycles. The predicted octanol–water partition coefficient (Wildman–Crippen LogP) is -0.377. The van der Waals surface area contributed by atoms with Gasteiger partial charge in [0, 0.05) is 12.8 Å². The van der Waals surface area contributed by atoms with E-state index in [9.17, 15) is 19.2 Å². The SMILES string of the molecule is CC(C)(C)OC(=O)NNCC(=O)ON1C(=O)CCC1=O. The van der Waals surface area contributed by atoms with Gasteiger partial charge in [-0.05, 0) is 20.8 Å². The highest BCUT2D eigenvalue weighted by molar-refractivity contribution is 6.01. The molecule has 1 saturated heterocycles. The van der Waals surface area contributed by atoms with Crippen LogP contribution in [0.1, 0.15) is 33.6 Å². The molecule has 0 bridgehead atoms. The van der Waals surface area contributed by atoms with Gasteiger partial charge in [-0.1, -0.05) is 0 Å². The van der Waals surface area contributed by atoms with E-state index in [0.717, 1.165) is 0 Å². The van der Waals surface area contributed by atoms with E-state index in [-0.39, 0.29) is 12.8 Å². The lowest BCUT2D eigenvalue weighted by Gasteiger charge is -2.19. The molecule has 0 radical (unpaired) electrons. The van der Waals surface area contributed by atoms with Crippen molar-refractivity contribution in [2.45, 2.75) is 39.2 Å². The summed E-state index contributed by atoms with van der Waals surface area (Å²) in [7, 11) is 0. The lowest BCUT2D eigenvalue weighted by atomic mass is 10.2. The molecular formula is C11H17N3O6. The van der Waals surface area contributed by atoms with Crippen molar-refractivity contribution >= 4 is 23.9 Å². The number of carbonyl (C=O) groups is 4. The maximum absolute atomic E-state index is 11.3. The largest absolute Gasteiger partial charge is 0.443 e. The Morgan fingerprint density at radius 3 is 2.25 bits per heavy atom. The third kappa shape index (κ3) is 5.22. The van der Waals surface area contributed by atoms with Crippen LogP contribution in [0, 0.1) is 0 Å². The number of carbonyl (C=O) groups excluding carboxylic acids is 4. The lowest BCUT2D eigenvalue weighted by molar-refractivity contribution is -0.196. The number of nitrogens with one attached hydrogen (secondary N) is 2. The van der Waals surface area contributed by atoms with Crippen molar-refractivity contribution in [2.24, 2.45) is 0 Å². The number of rotatable bonds is 4. The number of hydrogen-bond acceptors (Lipinski definition) is 7. The van der Waals surface area contributed by atoms with Gasteiger partial charge in [0.2, 0.25) is 0 Å². The van der Waals surface area contributed by atoms with Crippen molar-refractivity contribution in [3.05, 3.63) is 0 Å². The summed E-state index contributed by atoms with van der Waals surface area (Å²) < 4.78 is 4.90. The summed E-state index contributed by atoms with van der Waals surface area (Å²) in [6, 6.07) is 0. The number of amides is 3. The van der Waals surface area contributed by atoms with Gasteiger partial charge in [0.05, 0.1) is 0 Å². The molecule has 1 fully saturated rings. The van der Waals surface area contributed by atoms with Crippen LogP contribution in [-0.4, -0.2) is 41.1 Å². The Morgan fingerprint density at radius 1 is 1.20 bits per heavy atom. The molecule has 2 N–H and O–H groups in total. The minimum atomic E-state index is -0.885. The number of hydrogen-bond donors (Lipinski definition) is 2. The van der Waals surface area contributed by atoms with Gasteiger partial charge in [-0.25, -0.2) is 15.0 Å². The number of nitrogens with zero attached hydrogens (tertiary/aromatic N) is 1. The second kappa shape index (κ2) is 6.33. The lowest BCUT2D eigenvalue weighted by Crippen LogP contribution is -2.45. The molecule has 0 aromatic rings. The number of hydrazine groups is 1. The van der Waals surface area contributed by atoms with Crippen LogP contribution in [0.3, 0.4) is 0 Å². The maximum Gasteiger partial charge on any atom is 0.422 e.